The highest BCUT2D eigenvalue weighted by Gasteiger charge is 2.41. The van der Waals surface area contributed by atoms with Crippen LogP contribution in [-0.2, 0) is 9.53 Å². The molecule has 2 aliphatic rings. The number of nitrogens with one attached hydrogen (secondary N) is 1. The number of amides is 2. The predicted octanol–water partition coefficient (Wildman–Crippen LogP) is 3.61. The minimum atomic E-state index is -0.379. The van der Waals surface area contributed by atoms with E-state index in [2.05, 4.69) is 26.1 Å². The normalized spacial score (nSPS) is 19.9. The van der Waals surface area contributed by atoms with Gasteiger partial charge in [-0.25, -0.2) is 4.79 Å². The quantitative estimate of drug-likeness (QED) is 0.720. The SMILES string of the molecule is CC(C)OC(=O)N1C[C@H](C)N(C(=O)C2CC2)c2ccc(C(CN)CNC(C)(C)C)cc21. The fourth-order valence-corrected chi connectivity index (χ4v) is 3.96. The Morgan fingerprint density at radius 2 is 1.90 bits per heavy atom. The van der Waals surface area contributed by atoms with Crippen LogP contribution in [0.4, 0.5) is 16.2 Å². The molecule has 1 aliphatic heterocycles. The van der Waals surface area contributed by atoms with Gasteiger partial charge in [-0.15, -0.1) is 0 Å². The fraction of sp³-hybridized carbons (Fsp3) is 0.667. The Bertz CT molecular complexity index is 814. The molecule has 1 saturated carbocycles. The van der Waals surface area contributed by atoms with Gasteiger partial charge in [0.15, 0.2) is 0 Å². The first-order chi connectivity index (χ1) is 14.5. The van der Waals surface area contributed by atoms with Crippen molar-refractivity contribution >= 4 is 23.4 Å². The first kappa shape index (κ1) is 23.5. The summed E-state index contributed by atoms with van der Waals surface area (Å²) in [5.74, 6) is 0.361. The van der Waals surface area contributed by atoms with Gasteiger partial charge >= 0.3 is 6.09 Å². The van der Waals surface area contributed by atoms with Crippen molar-refractivity contribution in [2.75, 3.05) is 29.4 Å². The minimum absolute atomic E-state index is 0.0162. The monoisotopic (exact) mass is 430 g/mol. The predicted molar refractivity (Wildman–Crippen MR) is 125 cm³/mol. The molecule has 2 amide bonds. The molecule has 31 heavy (non-hydrogen) atoms. The van der Waals surface area contributed by atoms with Crippen molar-refractivity contribution in [3.05, 3.63) is 23.8 Å². The van der Waals surface area contributed by atoms with E-state index < -0.39 is 0 Å². The highest BCUT2D eigenvalue weighted by Crippen LogP contribution is 2.41. The lowest BCUT2D eigenvalue weighted by Crippen LogP contribution is -2.52. The number of rotatable bonds is 6. The molecule has 0 spiro atoms. The maximum atomic E-state index is 13.0. The molecule has 1 heterocycles. The van der Waals surface area contributed by atoms with Crippen molar-refractivity contribution in [2.24, 2.45) is 11.7 Å². The van der Waals surface area contributed by atoms with Gasteiger partial charge in [0.05, 0.1) is 23.5 Å². The molecular weight excluding hydrogens is 392 g/mol. The van der Waals surface area contributed by atoms with Gasteiger partial charge in [-0.1, -0.05) is 6.07 Å². The van der Waals surface area contributed by atoms with E-state index in [0.717, 1.165) is 36.3 Å². The molecule has 172 valence electrons. The first-order valence-electron chi connectivity index (χ1n) is 11.4. The maximum Gasteiger partial charge on any atom is 0.414 e. The van der Waals surface area contributed by atoms with Crippen LogP contribution in [0.3, 0.4) is 0 Å². The number of nitrogens with zero attached hydrogens (tertiary/aromatic N) is 2. The zero-order chi connectivity index (χ0) is 22.9. The second kappa shape index (κ2) is 9.17. The molecule has 0 saturated heterocycles. The van der Waals surface area contributed by atoms with Gasteiger partial charge in [-0.05, 0) is 72.1 Å². The molecule has 1 aromatic carbocycles. The average molecular weight is 431 g/mol. The van der Waals surface area contributed by atoms with Crippen LogP contribution in [-0.4, -0.2) is 49.3 Å². The van der Waals surface area contributed by atoms with Gasteiger partial charge in [0, 0.05) is 37.0 Å². The van der Waals surface area contributed by atoms with Crippen LogP contribution in [0.15, 0.2) is 18.2 Å². The lowest BCUT2D eigenvalue weighted by Gasteiger charge is -2.41. The van der Waals surface area contributed by atoms with E-state index in [4.69, 9.17) is 10.5 Å². The Morgan fingerprint density at radius 1 is 1.23 bits per heavy atom. The summed E-state index contributed by atoms with van der Waals surface area (Å²) in [6.45, 7) is 13.7. The molecule has 1 aromatic rings. The number of hydrogen-bond acceptors (Lipinski definition) is 5. The number of carbonyl (C=O) groups excluding carboxylic acids is 2. The number of benzene rings is 1. The van der Waals surface area contributed by atoms with Crippen LogP contribution in [0.25, 0.3) is 0 Å². The third-order valence-corrected chi connectivity index (χ3v) is 5.79. The average Bonchev–Trinajstić information content (AvgIpc) is 3.51. The van der Waals surface area contributed by atoms with E-state index in [1.165, 1.54) is 0 Å². The van der Waals surface area contributed by atoms with Crippen LogP contribution in [0.1, 0.15) is 65.9 Å². The molecule has 1 fully saturated rings. The van der Waals surface area contributed by atoms with Gasteiger partial charge in [-0.3, -0.25) is 9.69 Å². The summed E-state index contributed by atoms with van der Waals surface area (Å²) in [5, 5.41) is 3.52. The number of hydrogen-bond donors (Lipinski definition) is 2. The highest BCUT2D eigenvalue weighted by atomic mass is 16.6. The molecule has 0 bridgehead atoms. The Balaban J connectivity index is 1.98. The van der Waals surface area contributed by atoms with Crippen LogP contribution >= 0.6 is 0 Å². The van der Waals surface area contributed by atoms with E-state index in [1.807, 2.05) is 43.9 Å². The van der Waals surface area contributed by atoms with Gasteiger partial charge in [-0.2, -0.15) is 0 Å². The van der Waals surface area contributed by atoms with Crippen molar-refractivity contribution < 1.29 is 14.3 Å². The van der Waals surface area contributed by atoms with E-state index in [0.29, 0.717) is 13.1 Å². The number of fused-ring (bicyclic) bond motifs is 1. The molecule has 0 aromatic heterocycles. The summed E-state index contributed by atoms with van der Waals surface area (Å²) in [7, 11) is 0. The molecule has 3 rings (SSSR count). The Kier molecular flexibility index (Phi) is 6.96. The van der Waals surface area contributed by atoms with Crippen molar-refractivity contribution in [1.82, 2.24) is 5.32 Å². The first-order valence-corrected chi connectivity index (χ1v) is 11.4. The molecular formula is C24H38N4O3. The molecule has 7 nitrogen and oxygen atoms in total. The number of ether oxygens (including phenoxy) is 1. The topological polar surface area (TPSA) is 87.9 Å². The van der Waals surface area contributed by atoms with E-state index in [1.54, 1.807) is 4.90 Å². The van der Waals surface area contributed by atoms with Crippen LogP contribution < -0.4 is 20.9 Å². The van der Waals surface area contributed by atoms with Crippen LogP contribution in [0.5, 0.6) is 0 Å². The van der Waals surface area contributed by atoms with Gasteiger partial charge in [0.25, 0.3) is 0 Å². The molecule has 1 unspecified atom stereocenters. The van der Waals surface area contributed by atoms with Crippen molar-refractivity contribution in [3.63, 3.8) is 0 Å². The van der Waals surface area contributed by atoms with Crippen LogP contribution in [0, 0.1) is 5.92 Å². The summed E-state index contributed by atoms with van der Waals surface area (Å²) in [6.07, 6.45) is 1.30. The third kappa shape index (κ3) is 5.57. The van der Waals surface area contributed by atoms with Gasteiger partial charge < -0.3 is 20.7 Å². The highest BCUT2D eigenvalue weighted by molar-refractivity contribution is 6.04. The summed E-state index contributed by atoms with van der Waals surface area (Å²) in [5.41, 5.74) is 8.64. The molecule has 1 aliphatic carbocycles. The third-order valence-electron chi connectivity index (χ3n) is 5.79. The summed E-state index contributed by atoms with van der Waals surface area (Å²) < 4.78 is 5.52. The largest absolute Gasteiger partial charge is 0.446 e. The van der Waals surface area contributed by atoms with Crippen molar-refractivity contribution in [1.29, 1.82) is 0 Å². The molecule has 2 atom stereocenters. The minimum Gasteiger partial charge on any atom is -0.446 e. The summed E-state index contributed by atoms with van der Waals surface area (Å²) in [6, 6.07) is 5.91. The lowest BCUT2D eigenvalue weighted by atomic mass is 9.95. The standard InChI is InChI=1S/C24H38N4O3/c1-15(2)31-23(30)27-14-16(3)28(22(29)17-7-8-17)20-10-9-18(11-21(20)27)19(12-25)13-26-24(4,5)6/h9-11,15-17,19,26H,7-8,12-14,25H2,1-6H3/t16-,19?/m0/s1. The fourth-order valence-electron chi connectivity index (χ4n) is 3.96. The smallest absolute Gasteiger partial charge is 0.414 e. The summed E-state index contributed by atoms with van der Waals surface area (Å²) in [4.78, 5) is 29.5. The van der Waals surface area contributed by atoms with E-state index >= 15 is 0 Å². The zero-order valence-electron chi connectivity index (χ0n) is 19.8. The maximum absolute atomic E-state index is 13.0. The molecule has 3 N–H and O–H groups in total. The van der Waals surface area contributed by atoms with E-state index in [-0.39, 0.29) is 41.5 Å². The Hall–Kier alpha value is -2.12. The number of carbonyl (C=O) groups is 2. The molecule has 7 heteroatoms. The summed E-state index contributed by atoms with van der Waals surface area (Å²) >= 11 is 0. The van der Waals surface area contributed by atoms with Crippen LogP contribution in [0.2, 0.25) is 0 Å². The van der Waals surface area contributed by atoms with Crippen molar-refractivity contribution in [2.45, 2.75) is 78.0 Å². The van der Waals surface area contributed by atoms with Gasteiger partial charge in [0.1, 0.15) is 0 Å². The number of anilines is 2. The Labute approximate surface area is 186 Å². The molecule has 0 radical (unpaired) electrons. The van der Waals surface area contributed by atoms with Crippen molar-refractivity contribution in [3.8, 4) is 0 Å². The number of nitrogens with two attached hydrogens (primary N) is 1. The Morgan fingerprint density at radius 3 is 2.45 bits per heavy atom. The zero-order valence-corrected chi connectivity index (χ0v) is 19.8. The van der Waals surface area contributed by atoms with Gasteiger partial charge in [0.2, 0.25) is 5.91 Å². The lowest BCUT2D eigenvalue weighted by molar-refractivity contribution is -0.120. The second-order valence-electron chi connectivity index (χ2n) is 10.2. The second-order valence-corrected chi connectivity index (χ2v) is 10.2. The van der Waals surface area contributed by atoms with E-state index in [9.17, 15) is 9.59 Å².